The Balaban J connectivity index is 1.90. The normalized spacial score (nSPS) is 23.4. The zero-order chi connectivity index (χ0) is 13.4. The summed E-state index contributed by atoms with van der Waals surface area (Å²) in [5.74, 6) is 0.0504. The van der Waals surface area contributed by atoms with Crippen LogP contribution in [0.1, 0.15) is 18.4 Å². The van der Waals surface area contributed by atoms with Crippen molar-refractivity contribution in [1.29, 1.82) is 5.41 Å². The Morgan fingerprint density at radius 2 is 2.16 bits per heavy atom. The number of nitrogens with one attached hydrogen (secondary N) is 1. The zero-order valence-electron chi connectivity index (χ0n) is 10.9. The summed E-state index contributed by atoms with van der Waals surface area (Å²) >= 11 is 6.20. The molecule has 0 radical (unpaired) electrons. The van der Waals surface area contributed by atoms with Crippen LogP contribution in [0.5, 0.6) is 0 Å². The first-order chi connectivity index (χ1) is 9.16. The minimum Gasteiger partial charge on any atom is -0.384 e. The Labute approximate surface area is 118 Å². The van der Waals surface area contributed by atoms with E-state index in [-0.39, 0.29) is 5.84 Å². The standard InChI is InChI=1S/C14H19ClN4/c15-11-4-1-5-12(13(11)14(16)17)19-8-7-18-6-2-3-10(18)9-19/h1,4-5,10H,2-3,6-9H2,(H3,16,17). The molecule has 4 nitrogen and oxygen atoms in total. The van der Waals surface area contributed by atoms with Gasteiger partial charge in [0, 0.05) is 31.4 Å². The average molecular weight is 279 g/mol. The number of anilines is 1. The molecule has 3 rings (SSSR count). The lowest BCUT2D eigenvalue weighted by Crippen LogP contribution is -2.50. The summed E-state index contributed by atoms with van der Waals surface area (Å²) in [6.07, 6.45) is 2.57. The number of piperazine rings is 1. The maximum absolute atomic E-state index is 7.74. The second kappa shape index (κ2) is 5.02. The van der Waals surface area contributed by atoms with Crippen LogP contribution in [-0.4, -0.2) is 43.0 Å². The fourth-order valence-electron chi connectivity index (χ4n) is 3.25. The van der Waals surface area contributed by atoms with Crippen molar-refractivity contribution < 1.29 is 0 Å². The number of nitrogens with zero attached hydrogens (tertiary/aromatic N) is 2. The first kappa shape index (κ1) is 12.8. The van der Waals surface area contributed by atoms with E-state index in [4.69, 9.17) is 22.7 Å². The summed E-state index contributed by atoms with van der Waals surface area (Å²) in [7, 11) is 0. The van der Waals surface area contributed by atoms with E-state index in [0.29, 0.717) is 16.6 Å². The molecular weight excluding hydrogens is 260 g/mol. The van der Waals surface area contributed by atoms with E-state index in [0.717, 1.165) is 25.3 Å². The predicted molar refractivity (Wildman–Crippen MR) is 79.3 cm³/mol. The summed E-state index contributed by atoms with van der Waals surface area (Å²) in [5, 5.41) is 8.31. The number of benzene rings is 1. The first-order valence-corrected chi connectivity index (χ1v) is 7.16. The van der Waals surface area contributed by atoms with Gasteiger partial charge in [0.15, 0.2) is 0 Å². The van der Waals surface area contributed by atoms with Crippen LogP contribution in [-0.2, 0) is 0 Å². The van der Waals surface area contributed by atoms with Crippen LogP contribution in [0.15, 0.2) is 18.2 Å². The topological polar surface area (TPSA) is 56.4 Å². The second-order valence-corrected chi connectivity index (χ2v) is 5.73. The third-order valence-electron chi connectivity index (χ3n) is 4.19. The molecule has 0 bridgehead atoms. The van der Waals surface area contributed by atoms with Crippen molar-refractivity contribution in [3.63, 3.8) is 0 Å². The Morgan fingerprint density at radius 3 is 2.95 bits per heavy atom. The van der Waals surface area contributed by atoms with Gasteiger partial charge in [-0.2, -0.15) is 0 Å². The van der Waals surface area contributed by atoms with E-state index in [2.05, 4.69) is 9.80 Å². The zero-order valence-corrected chi connectivity index (χ0v) is 11.7. The van der Waals surface area contributed by atoms with Gasteiger partial charge >= 0.3 is 0 Å². The smallest absolute Gasteiger partial charge is 0.126 e. The van der Waals surface area contributed by atoms with Crippen LogP contribution >= 0.6 is 11.6 Å². The van der Waals surface area contributed by atoms with Crippen LogP contribution < -0.4 is 10.6 Å². The van der Waals surface area contributed by atoms with Crippen molar-refractivity contribution in [3.05, 3.63) is 28.8 Å². The Hall–Kier alpha value is -1.26. The Bertz CT molecular complexity index is 502. The van der Waals surface area contributed by atoms with E-state index in [9.17, 15) is 0 Å². The van der Waals surface area contributed by atoms with Crippen LogP contribution in [0.4, 0.5) is 5.69 Å². The molecule has 1 aromatic carbocycles. The van der Waals surface area contributed by atoms with Crippen LogP contribution in [0, 0.1) is 5.41 Å². The highest BCUT2D eigenvalue weighted by atomic mass is 35.5. The van der Waals surface area contributed by atoms with Crippen molar-refractivity contribution in [2.45, 2.75) is 18.9 Å². The van der Waals surface area contributed by atoms with E-state index < -0.39 is 0 Å². The van der Waals surface area contributed by atoms with Crippen molar-refractivity contribution >= 4 is 23.1 Å². The fourth-order valence-corrected chi connectivity index (χ4v) is 3.52. The maximum Gasteiger partial charge on any atom is 0.126 e. The van der Waals surface area contributed by atoms with E-state index in [1.165, 1.54) is 19.4 Å². The van der Waals surface area contributed by atoms with Crippen LogP contribution in [0.3, 0.4) is 0 Å². The molecule has 19 heavy (non-hydrogen) atoms. The maximum atomic E-state index is 7.74. The molecule has 0 aliphatic carbocycles. The van der Waals surface area contributed by atoms with Crippen LogP contribution in [0.25, 0.3) is 0 Å². The van der Waals surface area contributed by atoms with Gasteiger partial charge in [0.2, 0.25) is 0 Å². The molecule has 0 amide bonds. The molecule has 2 aliphatic heterocycles. The van der Waals surface area contributed by atoms with E-state index in [1.54, 1.807) is 6.07 Å². The predicted octanol–water partition coefficient (Wildman–Crippen LogP) is 1.91. The van der Waals surface area contributed by atoms with Gasteiger partial charge in [0.1, 0.15) is 5.84 Å². The summed E-state index contributed by atoms with van der Waals surface area (Å²) in [6, 6.07) is 6.40. The lowest BCUT2D eigenvalue weighted by Gasteiger charge is -2.39. The Kier molecular flexibility index (Phi) is 3.37. The number of rotatable bonds is 2. The average Bonchev–Trinajstić information content (AvgIpc) is 2.85. The van der Waals surface area contributed by atoms with Crippen molar-refractivity contribution in [2.75, 3.05) is 31.1 Å². The third-order valence-corrected chi connectivity index (χ3v) is 4.50. The lowest BCUT2D eigenvalue weighted by atomic mass is 10.1. The monoisotopic (exact) mass is 278 g/mol. The highest BCUT2D eigenvalue weighted by molar-refractivity contribution is 6.34. The quantitative estimate of drug-likeness (QED) is 0.642. The molecule has 0 saturated carbocycles. The number of hydrogen-bond acceptors (Lipinski definition) is 3. The molecule has 5 heteroatoms. The summed E-state index contributed by atoms with van der Waals surface area (Å²) < 4.78 is 0. The molecule has 0 aromatic heterocycles. The molecule has 2 saturated heterocycles. The Morgan fingerprint density at radius 1 is 1.32 bits per heavy atom. The first-order valence-electron chi connectivity index (χ1n) is 6.78. The minimum absolute atomic E-state index is 0.0504. The van der Waals surface area contributed by atoms with Crippen molar-refractivity contribution in [1.82, 2.24) is 4.90 Å². The summed E-state index contributed by atoms with van der Waals surface area (Å²) in [4.78, 5) is 4.89. The molecule has 1 aromatic rings. The number of halogens is 1. The van der Waals surface area contributed by atoms with E-state index in [1.807, 2.05) is 12.1 Å². The van der Waals surface area contributed by atoms with Gasteiger partial charge in [-0.25, -0.2) is 0 Å². The van der Waals surface area contributed by atoms with Gasteiger partial charge in [-0.1, -0.05) is 17.7 Å². The third kappa shape index (κ3) is 2.30. The number of fused-ring (bicyclic) bond motifs is 1. The molecule has 1 unspecified atom stereocenters. The largest absolute Gasteiger partial charge is 0.384 e. The van der Waals surface area contributed by atoms with Gasteiger partial charge in [-0.15, -0.1) is 0 Å². The second-order valence-electron chi connectivity index (χ2n) is 5.33. The number of hydrogen-bond donors (Lipinski definition) is 2. The number of amidine groups is 1. The molecule has 0 spiro atoms. The van der Waals surface area contributed by atoms with Crippen molar-refractivity contribution in [3.8, 4) is 0 Å². The van der Waals surface area contributed by atoms with Gasteiger partial charge in [-0.05, 0) is 31.5 Å². The van der Waals surface area contributed by atoms with Gasteiger partial charge < -0.3 is 10.6 Å². The molecule has 1 atom stereocenters. The minimum atomic E-state index is 0.0504. The molecule has 2 heterocycles. The van der Waals surface area contributed by atoms with E-state index >= 15 is 0 Å². The SMILES string of the molecule is N=C(N)c1c(Cl)cccc1N1CCN2CCCC2C1. The van der Waals surface area contributed by atoms with Gasteiger partial charge in [-0.3, -0.25) is 10.3 Å². The van der Waals surface area contributed by atoms with Crippen molar-refractivity contribution in [2.24, 2.45) is 5.73 Å². The highest BCUT2D eigenvalue weighted by Gasteiger charge is 2.31. The molecule has 102 valence electrons. The highest BCUT2D eigenvalue weighted by Crippen LogP contribution is 2.30. The fraction of sp³-hybridized carbons (Fsp3) is 0.500. The number of nitrogens with two attached hydrogens (primary N) is 1. The molecule has 2 aliphatic rings. The van der Waals surface area contributed by atoms with Gasteiger partial charge in [0.25, 0.3) is 0 Å². The van der Waals surface area contributed by atoms with Crippen LogP contribution in [0.2, 0.25) is 5.02 Å². The molecular formula is C14H19ClN4. The van der Waals surface area contributed by atoms with Gasteiger partial charge in [0.05, 0.1) is 10.6 Å². The summed E-state index contributed by atoms with van der Waals surface area (Å²) in [6.45, 7) is 4.32. The summed E-state index contributed by atoms with van der Waals surface area (Å²) in [5.41, 5.74) is 7.37. The number of nitrogen functional groups attached to an aromatic ring is 1. The molecule has 2 fully saturated rings. The molecule has 3 N–H and O–H groups in total. The lowest BCUT2D eigenvalue weighted by molar-refractivity contribution is 0.231.